The van der Waals surface area contributed by atoms with Crippen LogP contribution in [0.25, 0.3) is 0 Å². The van der Waals surface area contributed by atoms with Gasteiger partial charge in [0.15, 0.2) is 0 Å². The molecule has 2 rings (SSSR count). The van der Waals surface area contributed by atoms with Gasteiger partial charge in [0.2, 0.25) is 0 Å². The number of allylic oxidation sites excluding steroid dienone is 1. The zero-order valence-electron chi connectivity index (χ0n) is 10.8. The molecule has 0 unspecified atom stereocenters. The molecule has 0 heterocycles. The lowest BCUT2D eigenvalue weighted by molar-refractivity contribution is 0.675. The Hall–Kier alpha value is -1.08. The van der Waals surface area contributed by atoms with Crippen LogP contribution in [0, 0.1) is 0 Å². The molecular formula is C16H23N. The van der Waals surface area contributed by atoms with Gasteiger partial charge in [0.1, 0.15) is 0 Å². The summed E-state index contributed by atoms with van der Waals surface area (Å²) in [5.74, 6) is 0. The van der Waals surface area contributed by atoms with Gasteiger partial charge in [-0.2, -0.15) is 0 Å². The lowest BCUT2D eigenvalue weighted by atomic mass is 10.1. The maximum atomic E-state index is 3.53. The highest BCUT2D eigenvalue weighted by molar-refractivity contribution is 5.22. The van der Waals surface area contributed by atoms with E-state index in [4.69, 9.17) is 0 Å². The van der Waals surface area contributed by atoms with E-state index in [0.29, 0.717) is 0 Å². The van der Waals surface area contributed by atoms with Crippen LogP contribution in [0.5, 0.6) is 0 Å². The Morgan fingerprint density at radius 1 is 1.12 bits per heavy atom. The summed E-state index contributed by atoms with van der Waals surface area (Å²) in [5, 5.41) is 3.53. The van der Waals surface area contributed by atoms with E-state index < -0.39 is 0 Å². The molecule has 0 spiro atoms. The average Bonchev–Trinajstić information content (AvgIpc) is 2.88. The predicted molar refractivity (Wildman–Crippen MR) is 74.1 cm³/mol. The largest absolute Gasteiger partial charge is 0.312 e. The standard InChI is InChI=1S/C16H23N/c1-2-14-7-9-16(10-8-14)13-17-12-11-15-5-3-4-6-15/h5,7-10,17H,2-4,6,11-13H2,1H3. The Balaban J connectivity index is 1.67. The molecule has 1 aliphatic carbocycles. The van der Waals surface area contributed by atoms with E-state index >= 15 is 0 Å². The van der Waals surface area contributed by atoms with Crippen molar-refractivity contribution < 1.29 is 0 Å². The van der Waals surface area contributed by atoms with Gasteiger partial charge in [0.25, 0.3) is 0 Å². The van der Waals surface area contributed by atoms with Gasteiger partial charge in [0, 0.05) is 6.54 Å². The zero-order chi connectivity index (χ0) is 11.9. The molecule has 1 N–H and O–H groups in total. The monoisotopic (exact) mass is 229 g/mol. The van der Waals surface area contributed by atoms with E-state index in [1.54, 1.807) is 5.57 Å². The van der Waals surface area contributed by atoms with Crippen LogP contribution in [0.1, 0.15) is 43.7 Å². The summed E-state index contributed by atoms with van der Waals surface area (Å²) >= 11 is 0. The second-order valence-electron chi connectivity index (χ2n) is 4.85. The van der Waals surface area contributed by atoms with Crippen LogP contribution in [0.4, 0.5) is 0 Å². The number of aryl methyl sites for hydroxylation is 1. The minimum atomic E-state index is 0.997. The predicted octanol–water partition coefficient (Wildman–Crippen LogP) is 3.84. The summed E-state index contributed by atoms with van der Waals surface area (Å²) in [6.45, 7) is 4.31. The third kappa shape index (κ3) is 4.01. The van der Waals surface area contributed by atoms with Crippen LogP contribution in [-0.2, 0) is 13.0 Å². The van der Waals surface area contributed by atoms with Crippen LogP contribution >= 0.6 is 0 Å². The smallest absolute Gasteiger partial charge is 0.0205 e. The molecule has 0 atom stereocenters. The van der Waals surface area contributed by atoms with Gasteiger partial charge in [-0.3, -0.25) is 0 Å². The molecule has 1 nitrogen and oxygen atoms in total. The normalized spacial score (nSPS) is 15.0. The molecule has 1 aliphatic rings. The van der Waals surface area contributed by atoms with E-state index in [1.807, 2.05) is 0 Å². The van der Waals surface area contributed by atoms with Crippen LogP contribution in [0.15, 0.2) is 35.9 Å². The van der Waals surface area contributed by atoms with Gasteiger partial charge < -0.3 is 5.32 Å². The first-order chi connectivity index (χ1) is 8.38. The second kappa shape index (κ2) is 6.61. The molecule has 0 bridgehead atoms. The topological polar surface area (TPSA) is 12.0 Å². The van der Waals surface area contributed by atoms with E-state index in [0.717, 1.165) is 19.5 Å². The van der Waals surface area contributed by atoms with Crippen molar-refractivity contribution in [1.82, 2.24) is 5.32 Å². The van der Waals surface area contributed by atoms with E-state index in [9.17, 15) is 0 Å². The number of nitrogens with one attached hydrogen (secondary N) is 1. The van der Waals surface area contributed by atoms with Crippen molar-refractivity contribution >= 4 is 0 Å². The first kappa shape index (κ1) is 12.4. The van der Waals surface area contributed by atoms with Crippen LogP contribution in [0.3, 0.4) is 0 Å². The fourth-order valence-corrected chi connectivity index (χ4v) is 2.34. The number of hydrogen-bond acceptors (Lipinski definition) is 1. The summed E-state index contributed by atoms with van der Waals surface area (Å²) in [6.07, 6.45) is 8.77. The van der Waals surface area contributed by atoms with Crippen LogP contribution in [0.2, 0.25) is 0 Å². The molecule has 0 amide bonds. The van der Waals surface area contributed by atoms with Gasteiger partial charge in [-0.25, -0.2) is 0 Å². The third-order valence-corrected chi connectivity index (χ3v) is 3.52. The highest BCUT2D eigenvalue weighted by Crippen LogP contribution is 2.19. The average molecular weight is 229 g/mol. The maximum Gasteiger partial charge on any atom is 0.0205 e. The molecule has 1 heteroatoms. The highest BCUT2D eigenvalue weighted by Gasteiger charge is 2.03. The van der Waals surface area contributed by atoms with E-state index in [2.05, 4.69) is 42.6 Å². The molecular weight excluding hydrogens is 206 g/mol. The number of rotatable bonds is 6. The van der Waals surface area contributed by atoms with Crippen molar-refractivity contribution in [2.45, 2.75) is 45.6 Å². The molecule has 0 fully saturated rings. The van der Waals surface area contributed by atoms with Crippen LogP contribution < -0.4 is 5.32 Å². The quantitative estimate of drug-likeness (QED) is 0.577. The van der Waals surface area contributed by atoms with Crippen LogP contribution in [-0.4, -0.2) is 6.54 Å². The van der Waals surface area contributed by atoms with Crippen molar-refractivity contribution in [3.63, 3.8) is 0 Å². The third-order valence-electron chi connectivity index (χ3n) is 3.52. The van der Waals surface area contributed by atoms with E-state index in [1.165, 1.54) is 36.8 Å². The fraction of sp³-hybridized carbons (Fsp3) is 0.500. The molecule has 0 radical (unpaired) electrons. The van der Waals surface area contributed by atoms with Crippen molar-refractivity contribution in [3.8, 4) is 0 Å². The summed E-state index contributed by atoms with van der Waals surface area (Å²) < 4.78 is 0. The van der Waals surface area contributed by atoms with E-state index in [-0.39, 0.29) is 0 Å². The summed E-state index contributed by atoms with van der Waals surface area (Å²) in [4.78, 5) is 0. The first-order valence-electron chi connectivity index (χ1n) is 6.85. The lowest BCUT2D eigenvalue weighted by Gasteiger charge is -2.06. The molecule has 0 saturated carbocycles. The maximum absolute atomic E-state index is 3.53. The lowest BCUT2D eigenvalue weighted by Crippen LogP contribution is -2.15. The Kier molecular flexibility index (Phi) is 4.81. The van der Waals surface area contributed by atoms with Gasteiger partial charge in [-0.05, 0) is 49.8 Å². The van der Waals surface area contributed by atoms with Gasteiger partial charge in [0.05, 0.1) is 0 Å². The minimum absolute atomic E-state index is 0.997. The second-order valence-corrected chi connectivity index (χ2v) is 4.85. The molecule has 92 valence electrons. The summed E-state index contributed by atoms with van der Waals surface area (Å²) in [7, 11) is 0. The van der Waals surface area contributed by atoms with Crippen molar-refractivity contribution in [1.29, 1.82) is 0 Å². The van der Waals surface area contributed by atoms with Gasteiger partial charge in [-0.1, -0.05) is 42.8 Å². The van der Waals surface area contributed by atoms with Gasteiger partial charge >= 0.3 is 0 Å². The SMILES string of the molecule is CCc1ccc(CNCCC2=CCCC2)cc1. The Bertz CT molecular complexity index is 362. The first-order valence-corrected chi connectivity index (χ1v) is 6.85. The summed E-state index contributed by atoms with van der Waals surface area (Å²) in [6, 6.07) is 8.94. The number of benzene rings is 1. The Labute approximate surface area is 105 Å². The molecule has 1 aromatic carbocycles. The number of hydrogen-bond donors (Lipinski definition) is 1. The molecule has 17 heavy (non-hydrogen) atoms. The van der Waals surface area contributed by atoms with Crippen molar-refractivity contribution in [2.24, 2.45) is 0 Å². The Morgan fingerprint density at radius 2 is 1.88 bits per heavy atom. The molecule has 0 aromatic heterocycles. The highest BCUT2D eigenvalue weighted by atomic mass is 14.8. The molecule has 0 aliphatic heterocycles. The van der Waals surface area contributed by atoms with Gasteiger partial charge in [-0.15, -0.1) is 0 Å². The Morgan fingerprint density at radius 3 is 2.53 bits per heavy atom. The summed E-state index contributed by atoms with van der Waals surface area (Å²) in [5.41, 5.74) is 4.46. The fourth-order valence-electron chi connectivity index (χ4n) is 2.34. The van der Waals surface area contributed by atoms with Crippen molar-refractivity contribution in [2.75, 3.05) is 6.54 Å². The molecule has 0 saturated heterocycles. The minimum Gasteiger partial charge on any atom is -0.312 e. The zero-order valence-corrected chi connectivity index (χ0v) is 10.8. The van der Waals surface area contributed by atoms with Crippen molar-refractivity contribution in [3.05, 3.63) is 47.0 Å². The molecule has 1 aromatic rings.